The van der Waals surface area contributed by atoms with Gasteiger partial charge >= 0.3 is 0 Å². The summed E-state index contributed by atoms with van der Waals surface area (Å²) in [7, 11) is 0. The third-order valence-corrected chi connectivity index (χ3v) is 3.18. The molecule has 1 aromatic rings. The summed E-state index contributed by atoms with van der Waals surface area (Å²) in [6, 6.07) is 0. The quantitative estimate of drug-likeness (QED) is 0.845. The van der Waals surface area contributed by atoms with Gasteiger partial charge in [0.15, 0.2) is 0 Å². The predicted octanol–water partition coefficient (Wildman–Crippen LogP) is 2.53. The van der Waals surface area contributed by atoms with Crippen molar-refractivity contribution in [3.63, 3.8) is 0 Å². The molecule has 0 spiro atoms. The van der Waals surface area contributed by atoms with Crippen LogP contribution < -0.4 is 0 Å². The van der Waals surface area contributed by atoms with Gasteiger partial charge < -0.3 is 5.11 Å². The fourth-order valence-corrected chi connectivity index (χ4v) is 2.59. The third-order valence-electron chi connectivity index (χ3n) is 1.62. The average molecular weight is 220 g/mol. The second-order valence-electron chi connectivity index (χ2n) is 3.39. The van der Waals surface area contributed by atoms with E-state index in [1.807, 2.05) is 0 Å². The molecule has 0 unspecified atom stereocenters. The van der Waals surface area contributed by atoms with Crippen LogP contribution in [-0.4, -0.2) is 16.7 Å². The van der Waals surface area contributed by atoms with Gasteiger partial charge in [0, 0.05) is 24.3 Å². The fourth-order valence-electron chi connectivity index (χ4n) is 1.07. The number of rotatable bonds is 4. The van der Waals surface area contributed by atoms with Gasteiger partial charge in [-0.1, -0.05) is 25.4 Å². The standard InChI is InChI=1S/C9H14ClNOS/c1-6(2)5-8-11-9(10)7(13-8)3-4-12/h6,12H,3-5H2,1-2H3. The lowest BCUT2D eigenvalue weighted by Crippen LogP contribution is -1.91. The van der Waals surface area contributed by atoms with E-state index in [1.54, 1.807) is 11.3 Å². The smallest absolute Gasteiger partial charge is 0.143 e. The van der Waals surface area contributed by atoms with Crippen molar-refractivity contribution in [2.24, 2.45) is 5.92 Å². The Hall–Kier alpha value is -0.120. The molecule has 0 saturated carbocycles. The van der Waals surface area contributed by atoms with Crippen molar-refractivity contribution in [3.05, 3.63) is 15.0 Å². The van der Waals surface area contributed by atoms with E-state index in [0.717, 1.165) is 16.3 Å². The molecule has 0 aromatic carbocycles. The van der Waals surface area contributed by atoms with Gasteiger partial charge in [-0.15, -0.1) is 11.3 Å². The summed E-state index contributed by atoms with van der Waals surface area (Å²) in [5.74, 6) is 0.601. The molecule has 0 radical (unpaired) electrons. The van der Waals surface area contributed by atoms with Crippen LogP contribution in [0.5, 0.6) is 0 Å². The zero-order valence-corrected chi connectivity index (χ0v) is 9.45. The normalized spacial score (nSPS) is 11.2. The van der Waals surface area contributed by atoms with Crippen molar-refractivity contribution in [1.82, 2.24) is 4.98 Å². The largest absolute Gasteiger partial charge is 0.396 e. The maximum atomic E-state index is 8.76. The number of aliphatic hydroxyl groups excluding tert-OH is 1. The van der Waals surface area contributed by atoms with Gasteiger partial charge in [0.1, 0.15) is 5.15 Å². The highest BCUT2D eigenvalue weighted by Crippen LogP contribution is 2.25. The van der Waals surface area contributed by atoms with E-state index in [4.69, 9.17) is 16.7 Å². The number of thiazole rings is 1. The van der Waals surface area contributed by atoms with E-state index in [1.165, 1.54) is 0 Å². The molecule has 0 saturated heterocycles. The van der Waals surface area contributed by atoms with Gasteiger partial charge in [-0.05, 0) is 5.92 Å². The Morgan fingerprint density at radius 3 is 2.77 bits per heavy atom. The fraction of sp³-hybridized carbons (Fsp3) is 0.667. The summed E-state index contributed by atoms with van der Waals surface area (Å²) < 4.78 is 0. The SMILES string of the molecule is CC(C)Cc1nc(Cl)c(CCO)s1. The van der Waals surface area contributed by atoms with Crippen LogP contribution in [0.1, 0.15) is 23.7 Å². The first-order valence-electron chi connectivity index (χ1n) is 4.38. The van der Waals surface area contributed by atoms with E-state index < -0.39 is 0 Å². The van der Waals surface area contributed by atoms with Gasteiger partial charge in [-0.25, -0.2) is 4.98 Å². The number of hydrogen-bond donors (Lipinski definition) is 1. The summed E-state index contributed by atoms with van der Waals surface area (Å²) in [5.41, 5.74) is 0. The Bertz CT molecular complexity index is 273. The third kappa shape index (κ3) is 3.25. The average Bonchev–Trinajstić information content (AvgIpc) is 2.31. The van der Waals surface area contributed by atoms with Crippen LogP contribution in [0.2, 0.25) is 5.15 Å². The molecule has 0 amide bonds. The number of aromatic nitrogens is 1. The highest BCUT2D eigenvalue weighted by molar-refractivity contribution is 7.12. The molecular formula is C9H14ClNOS. The summed E-state index contributed by atoms with van der Waals surface area (Å²) in [5, 5.41) is 10.4. The van der Waals surface area contributed by atoms with Crippen LogP contribution in [0.15, 0.2) is 0 Å². The Morgan fingerprint density at radius 2 is 2.23 bits per heavy atom. The molecule has 1 heterocycles. The van der Waals surface area contributed by atoms with Crippen LogP contribution in [0.25, 0.3) is 0 Å². The van der Waals surface area contributed by atoms with Crippen molar-refractivity contribution < 1.29 is 5.11 Å². The highest BCUT2D eigenvalue weighted by Gasteiger charge is 2.09. The molecule has 1 N–H and O–H groups in total. The van der Waals surface area contributed by atoms with Crippen molar-refractivity contribution in [3.8, 4) is 0 Å². The number of aliphatic hydroxyl groups is 1. The van der Waals surface area contributed by atoms with Crippen molar-refractivity contribution in [2.75, 3.05) is 6.61 Å². The summed E-state index contributed by atoms with van der Waals surface area (Å²) >= 11 is 7.50. The maximum Gasteiger partial charge on any atom is 0.143 e. The summed E-state index contributed by atoms with van der Waals surface area (Å²) in [6.07, 6.45) is 1.59. The molecule has 0 aliphatic rings. The second-order valence-corrected chi connectivity index (χ2v) is 4.92. The minimum absolute atomic E-state index is 0.142. The monoisotopic (exact) mass is 219 g/mol. The van der Waals surface area contributed by atoms with Crippen molar-refractivity contribution in [2.45, 2.75) is 26.7 Å². The predicted molar refractivity (Wildman–Crippen MR) is 56.5 cm³/mol. The maximum absolute atomic E-state index is 8.76. The highest BCUT2D eigenvalue weighted by atomic mass is 35.5. The summed E-state index contributed by atoms with van der Waals surface area (Å²) in [6.45, 7) is 4.45. The minimum Gasteiger partial charge on any atom is -0.396 e. The molecule has 0 bridgehead atoms. The molecule has 4 heteroatoms. The molecule has 74 valence electrons. The van der Waals surface area contributed by atoms with E-state index in [0.29, 0.717) is 17.5 Å². The topological polar surface area (TPSA) is 33.1 Å². The van der Waals surface area contributed by atoms with Crippen LogP contribution in [0, 0.1) is 5.92 Å². The molecule has 1 aromatic heterocycles. The Morgan fingerprint density at radius 1 is 1.54 bits per heavy atom. The Kier molecular flexibility index (Phi) is 4.16. The lowest BCUT2D eigenvalue weighted by Gasteiger charge is -1.97. The lowest BCUT2D eigenvalue weighted by molar-refractivity contribution is 0.300. The number of hydrogen-bond acceptors (Lipinski definition) is 3. The molecule has 1 rings (SSSR count). The summed E-state index contributed by atoms with van der Waals surface area (Å²) in [4.78, 5) is 5.24. The van der Waals surface area contributed by atoms with E-state index >= 15 is 0 Å². The number of nitrogens with zero attached hydrogens (tertiary/aromatic N) is 1. The lowest BCUT2D eigenvalue weighted by atomic mass is 10.1. The minimum atomic E-state index is 0.142. The van der Waals surface area contributed by atoms with E-state index in [9.17, 15) is 0 Å². The van der Waals surface area contributed by atoms with E-state index in [-0.39, 0.29) is 6.61 Å². The molecule has 0 atom stereocenters. The number of halogens is 1. The van der Waals surface area contributed by atoms with Crippen molar-refractivity contribution in [1.29, 1.82) is 0 Å². The zero-order valence-electron chi connectivity index (χ0n) is 7.88. The molecule has 2 nitrogen and oxygen atoms in total. The van der Waals surface area contributed by atoms with Crippen LogP contribution >= 0.6 is 22.9 Å². The second kappa shape index (κ2) is 4.94. The first-order valence-corrected chi connectivity index (χ1v) is 5.58. The molecule has 0 aliphatic carbocycles. The van der Waals surface area contributed by atoms with Crippen molar-refractivity contribution >= 4 is 22.9 Å². The van der Waals surface area contributed by atoms with Gasteiger partial charge in [0.2, 0.25) is 0 Å². The van der Waals surface area contributed by atoms with Gasteiger partial charge in [0.25, 0.3) is 0 Å². The van der Waals surface area contributed by atoms with Crippen LogP contribution in [-0.2, 0) is 12.8 Å². The first kappa shape index (κ1) is 11.0. The van der Waals surface area contributed by atoms with Crippen LogP contribution in [0.3, 0.4) is 0 Å². The molecule has 0 fully saturated rings. The Labute approximate surface area is 87.6 Å². The van der Waals surface area contributed by atoms with Crippen LogP contribution in [0.4, 0.5) is 0 Å². The van der Waals surface area contributed by atoms with Gasteiger partial charge in [-0.3, -0.25) is 0 Å². The van der Waals surface area contributed by atoms with Gasteiger partial charge in [-0.2, -0.15) is 0 Å². The van der Waals surface area contributed by atoms with Gasteiger partial charge in [0.05, 0.1) is 5.01 Å². The Balaban J connectivity index is 2.70. The molecule has 0 aliphatic heterocycles. The van der Waals surface area contributed by atoms with E-state index in [2.05, 4.69) is 18.8 Å². The zero-order chi connectivity index (χ0) is 9.84. The first-order chi connectivity index (χ1) is 6.13. The molecular weight excluding hydrogens is 206 g/mol. The molecule has 13 heavy (non-hydrogen) atoms.